The lowest BCUT2D eigenvalue weighted by atomic mass is 9.99. The van der Waals surface area contributed by atoms with E-state index in [9.17, 15) is 4.79 Å². The summed E-state index contributed by atoms with van der Waals surface area (Å²) in [6.45, 7) is 5.66. The van der Waals surface area contributed by atoms with E-state index in [0.29, 0.717) is 12.1 Å². The number of hydrogen-bond donors (Lipinski definition) is 1. The number of carbonyl (C=O) groups excluding carboxylic acids is 1. The van der Waals surface area contributed by atoms with Crippen LogP contribution >= 0.6 is 0 Å². The first-order valence-corrected chi connectivity index (χ1v) is 12.5. The summed E-state index contributed by atoms with van der Waals surface area (Å²) in [5, 5.41) is 6.24. The van der Waals surface area contributed by atoms with Crippen molar-refractivity contribution >= 4 is 28.1 Å². The molecule has 0 spiro atoms. The maximum absolute atomic E-state index is 12.3. The zero-order chi connectivity index (χ0) is 25.1. The van der Waals surface area contributed by atoms with Crippen LogP contribution in [0, 0.1) is 6.92 Å². The van der Waals surface area contributed by atoms with Crippen LogP contribution in [0.25, 0.3) is 10.8 Å². The standard InChI is InChI=1S/C31H32N2O3/c1-21-15-16-24(19-28(21)31(34)35-3)33-20-25(36-30-14-7-6-13-29(30)33)17-18-32-22(2)26-12-8-10-23-9-4-5-11-27(23)26/h4-16,19,22,25,32H,17-18,20H2,1-3H3/t22-,25?/m0/s1. The predicted octanol–water partition coefficient (Wildman–Crippen LogP) is 6.57. The van der Waals surface area contributed by atoms with Crippen molar-refractivity contribution < 1.29 is 14.3 Å². The molecule has 0 amide bonds. The summed E-state index contributed by atoms with van der Waals surface area (Å²) in [6, 6.07) is 29.2. The van der Waals surface area contributed by atoms with Crippen molar-refractivity contribution in [2.45, 2.75) is 32.4 Å². The lowest BCUT2D eigenvalue weighted by Crippen LogP contribution is -2.39. The van der Waals surface area contributed by atoms with E-state index in [4.69, 9.17) is 9.47 Å². The Hall–Kier alpha value is -3.83. The molecule has 1 unspecified atom stereocenters. The molecule has 2 atom stereocenters. The zero-order valence-electron chi connectivity index (χ0n) is 21.0. The minimum Gasteiger partial charge on any atom is -0.486 e. The van der Waals surface area contributed by atoms with Gasteiger partial charge in [0.25, 0.3) is 0 Å². The van der Waals surface area contributed by atoms with Crippen LogP contribution in [0.2, 0.25) is 0 Å². The molecule has 0 aliphatic carbocycles. The molecule has 1 aliphatic rings. The number of aryl methyl sites for hydroxylation is 1. The second kappa shape index (κ2) is 10.4. The quantitative estimate of drug-likeness (QED) is 0.303. The molecule has 0 aromatic heterocycles. The number of fused-ring (bicyclic) bond motifs is 2. The molecule has 1 heterocycles. The van der Waals surface area contributed by atoms with Crippen molar-refractivity contribution in [3.05, 3.63) is 102 Å². The summed E-state index contributed by atoms with van der Waals surface area (Å²) >= 11 is 0. The summed E-state index contributed by atoms with van der Waals surface area (Å²) in [5.41, 5.74) is 4.75. The van der Waals surface area contributed by atoms with E-state index < -0.39 is 0 Å². The first-order valence-electron chi connectivity index (χ1n) is 12.5. The van der Waals surface area contributed by atoms with Crippen LogP contribution in [0.4, 0.5) is 11.4 Å². The van der Waals surface area contributed by atoms with Gasteiger partial charge in [-0.3, -0.25) is 0 Å². The minimum absolute atomic E-state index is 0.00926. The normalized spacial score (nSPS) is 15.8. The predicted molar refractivity (Wildman–Crippen MR) is 145 cm³/mol. The number of methoxy groups -OCH3 is 1. The summed E-state index contributed by atoms with van der Waals surface area (Å²) in [5.74, 6) is 0.537. The number of hydrogen-bond acceptors (Lipinski definition) is 5. The number of anilines is 2. The molecule has 36 heavy (non-hydrogen) atoms. The SMILES string of the molecule is COC(=O)c1cc(N2CC(CCN[C@@H](C)c3cccc4ccccc34)Oc3ccccc32)ccc1C. The summed E-state index contributed by atoms with van der Waals surface area (Å²) in [6.07, 6.45) is 0.866. The van der Waals surface area contributed by atoms with Crippen molar-refractivity contribution in [1.82, 2.24) is 5.32 Å². The number of rotatable bonds is 7. The number of nitrogens with zero attached hydrogens (tertiary/aromatic N) is 1. The Balaban J connectivity index is 1.32. The first kappa shape index (κ1) is 23.9. The van der Waals surface area contributed by atoms with Gasteiger partial charge in [-0.1, -0.05) is 60.7 Å². The van der Waals surface area contributed by atoms with E-state index in [1.54, 1.807) is 0 Å². The van der Waals surface area contributed by atoms with Crippen LogP contribution in [-0.4, -0.2) is 32.3 Å². The van der Waals surface area contributed by atoms with Crippen LogP contribution in [-0.2, 0) is 4.74 Å². The second-order valence-corrected chi connectivity index (χ2v) is 9.34. The zero-order valence-corrected chi connectivity index (χ0v) is 21.0. The monoisotopic (exact) mass is 480 g/mol. The van der Waals surface area contributed by atoms with Gasteiger partial charge in [0.05, 0.1) is 24.9 Å². The average Bonchev–Trinajstić information content (AvgIpc) is 2.92. The fourth-order valence-electron chi connectivity index (χ4n) is 5.00. The van der Waals surface area contributed by atoms with Crippen LogP contribution in [0.3, 0.4) is 0 Å². The molecular formula is C31H32N2O3. The van der Waals surface area contributed by atoms with Crippen molar-refractivity contribution in [3.8, 4) is 5.75 Å². The second-order valence-electron chi connectivity index (χ2n) is 9.34. The van der Waals surface area contributed by atoms with Gasteiger partial charge >= 0.3 is 5.97 Å². The van der Waals surface area contributed by atoms with E-state index >= 15 is 0 Å². The lowest BCUT2D eigenvalue weighted by molar-refractivity contribution is 0.0600. The Morgan fingerprint density at radius 3 is 2.69 bits per heavy atom. The number of benzene rings is 4. The Kier molecular flexibility index (Phi) is 6.92. The van der Waals surface area contributed by atoms with E-state index in [-0.39, 0.29) is 18.1 Å². The van der Waals surface area contributed by atoms with Crippen LogP contribution in [0.15, 0.2) is 84.9 Å². The Morgan fingerprint density at radius 1 is 1.06 bits per heavy atom. The maximum Gasteiger partial charge on any atom is 0.338 e. The van der Waals surface area contributed by atoms with Crippen molar-refractivity contribution in [2.24, 2.45) is 0 Å². The lowest BCUT2D eigenvalue weighted by Gasteiger charge is -2.36. The Labute approximate surface area is 212 Å². The summed E-state index contributed by atoms with van der Waals surface area (Å²) in [7, 11) is 1.42. The summed E-state index contributed by atoms with van der Waals surface area (Å²) < 4.78 is 11.4. The Morgan fingerprint density at radius 2 is 1.83 bits per heavy atom. The van der Waals surface area contributed by atoms with E-state index in [1.165, 1.54) is 23.4 Å². The molecule has 0 bridgehead atoms. The fourth-order valence-corrected chi connectivity index (χ4v) is 5.00. The molecule has 5 rings (SSSR count). The fraction of sp³-hybridized carbons (Fsp3) is 0.258. The number of carbonyl (C=O) groups is 1. The molecule has 0 saturated carbocycles. The smallest absolute Gasteiger partial charge is 0.338 e. The minimum atomic E-state index is -0.320. The maximum atomic E-state index is 12.3. The van der Waals surface area contributed by atoms with Crippen molar-refractivity contribution in [3.63, 3.8) is 0 Å². The topological polar surface area (TPSA) is 50.8 Å². The highest BCUT2D eigenvalue weighted by molar-refractivity contribution is 5.92. The molecule has 4 aromatic rings. The van der Waals surface area contributed by atoms with Crippen LogP contribution in [0.5, 0.6) is 5.75 Å². The number of para-hydroxylation sites is 2. The van der Waals surface area contributed by atoms with Crippen molar-refractivity contribution in [2.75, 3.05) is 25.1 Å². The van der Waals surface area contributed by atoms with Gasteiger partial charge in [-0.05, 0) is 73.0 Å². The molecule has 5 nitrogen and oxygen atoms in total. The molecule has 1 aliphatic heterocycles. The van der Waals surface area contributed by atoms with Crippen LogP contribution < -0.4 is 15.0 Å². The number of ether oxygens (including phenoxy) is 2. The molecule has 0 saturated heterocycles. The highest BCUT2D eigenvalue weighted by atomic mass is 16.5. The van der Waals surface area contributed by atoms with Gasteiger partial charge in [0.1, 0.15) is 11.9 Å². The summed E-state index contributed by atoms with van der Waals surface area (Å²) in [4.78, 5) is 14.5. The molecule has 4 aromatic carbocycles. The van der Waals surface area contributed by atoms with E-state index in [1.807, 2.05) is 37.3 Å². The number of nitrogens with one attached hydrogen (secondary N) is 1. The van der Waals surface area contributed by atoms with Gasteiger partial charge in [0.15, 0.2) is 0 Å². The van der Waals surface area contributed by atoms with Crippen LogP contribution in [0.1, 0.15) is 40.9 Å². The van der Waals surface area contributed by atoms with Gasteiger partial charge in [-0.2, -0.15) is 0 Å². The molecule has 1 N–H and O–H groups in total. The largest absolute Gasteiger partial charge is 0.486 e. The first-order chi connectivity index (χ1) is 17.5. The Bertz CT molecular complexity index is 1380. The van der Waals surface area contributed by atoms with Gasteiger partial charge in [-0.25, -0.2) is 4.79 Å². The van der Waals surface area contributed by atoms with E-state index in [2.05, 4.69) is 71.7 Å². The van der Waals surface area contributed by atoms with Gasteiger partial charge < -0.3 is 19.7 Å². The highest BCUT2D eigenvalue weighted by Crippen LogP contribution is 2.39. The third-order valence-electron chi connectivity index (χ3n) is 6.98. The molecule has 0 radical (unpaired) electrons. The third-order valence-corrected chi connectivity index (χ3v) is 6.98. The van der Waals surface area contributed by atoms with Gasteiger partial charge in [-0.15, -0.1) is 0 Å². The van der Waals surface area contributed by atoms with E-state index in [0.717, 1.165) is 35.7 Å². The third kappa shape index (κ3) is 4.79. The van der Waals surface area contributed by atoms with Gasteiger partial charge in [0, 0.05) is 11.7 Å². The number of esters is 1. The molecule has 184 valence electrons. The molecule has 0 fully saturated rings. The highest BCUT2D eigenvalue weighted by Gasteiger charge is 2.27. The van der Waals surface area contributed by atoms with Gasteiger partial charge in [0.2, 0.25) is 0 Å². The molecular weight excluding hydrogens is 448 g/mol. The average molecular weight is 481 g/mol. The van der Waals surface area contributed by atoms with Crippen molar-refractivity contribution in [1.29, 1.82) is 0 Å². The molecule has 5 heteroatoms.